The smallest absolute Gasteiger partial charge is 0.265 e. The van der Waals surface area contributed by atoms with Crippen LogP contribution in [0.4, 0.5) is 0 Å². The lowest BCUT2D eigenvalue weighted by Crippen LogP contribution is -2.16. The average Bonchev–Trinajstić information content (AvgIpc) is 2.23. The topological polar surface area (TPSA) is 45.8 Å². The molecule has 0 aliphatic carbocycles. The molecule has 3 nitrogen and oxygen atoms in total. The van der Waals surface area contributed by atoms with Crippen molar-refractivity contribution in [2.75, 3.05) is 17.3 Å². The Hall–Kier alpha value is 0.0600. The Labute approximate surface area is 98.6 Å². The molecule has 1 aliphatic rings. The molecule has 1 aromatic heterocycles. The van der Waals surface area contributed by atoms with E-state index in [9.17, 15) is 4.79 Å². The van der Waals surface area contributed by atoms with Gasteiger partial charge in [-0.25, -0.2) is 4.98 Å². The number of thioether (sulfide) groups is 2. The van der Waals surface area contributed by atoms with Crippen molar-refractivity contribution < 1.29 is 0 Å². The van der Waals surface area contributed by atoms with Crippen LogP contribution in [0.3, 0.4) is 0 Å². The summed E-state index contributed by atoms with van der Waals surface area (Å²) < 4.78 is 0.495. The molecule has 1 aliphatic heterocycles. The molecule has 0 radical (unpaired) electrons. The maximum atomic E-state index is 11.3. The van der Waals surface area contributed by atoms with E-state index in [4.69, 9.17) is 0 Å². The summed E-state index contributed by atoms with van der Waals surface area (Å²) in [5, 5.41) is 0.342. The Morgan fingerprint density at radius 2 is 2.43 bits per heavy atom. The van der Waals surface area contributed by atoms with Gasteiger partial charge in [0.2, 0.25) is 0 Å². The van der Waals surface area contributed by atoms with Crippen molar-refractivity contribution in [3.05, 3.63) is 26.8 Å². The minimum atomic E-state index is -0.0915. The third-order valence-corrected chi connectivity index (χ3v) is 5.22. The van der Waals surface area contributed by atoms with Crippen LogP contribution in [-0.2, 0) is 0 Å². The SMILES string of the molecule is O=c1[nH]c(C2CSCCS2)ncc1Br. The van der Waals surface area contributed by atoms with E-state index in [0.717, 1.165) is 17.3 Å². The predicted octanol–water partition coefficient (Wildman–Crippen LogP) is 2.05. The van der Waals surface area contributed by atoms with Gasteiger partial charge in [0.15, 0.2) is 0 Å². The van der Waals surface area contributed by atoms with Gasteiger partial charge in [0.25, 0.3) is 5.56 Å². The van der Waals surface area contributed by atoms with E-state index in [1.54, 1.807) is 6.20 Å². The highest BCUT2D eigenvalue weighted by atomic mass is 79.9. The van der Waals surface area contributed by atoms with Crippen molar-refractivity contribution in [3.63, 3.8) is 0 Å². The zero-order valence-corrected chi connectivity index (χ0v) is 10.5. The normalized spacial score (nSPS) is 22.2. The van der Waals surface area contributed by atoms with E-state index < -0.39 is 0 Å². The van der Waals surface area contributed by atoms with Crippen LogP contribution in [0.5, 0.6) is 0 Å². The monoisotopic (exact) mass is 292 g/mol. The molecule has 6 heteroatoms. The van der Waals surface area contributed by atoms with Crippen LogP contribution < -0.4 is 5.56 Å². The number of hydrogen-bond donors (Lipinski definition) is 1. The lowest BCUT2D eigenvalue weighted by Gasteiger charge is -2.19. The van der Waals surface area contributed by atoms with Crippen LogP contribution in [0, 0.1) is 0 Å². The fourth-order valence-corrected chi connectivity index (χ4v) is 4.03. The summed E-state index contributed by atoms with van der Waals surface area (Å²) in [5.74, 6) is 4.17. The quantitative estimate of drug-likeness (QED) is 0.861. The first kappa shape index (κ1) is 10.6. The highest BCUT2D eigenvalue weighted by Crippen LogP contribution is 2.34. The zero-order chi connectivity index (χ0) is 9.97. The summed E-state index contributed by atoms with van der Waals surface area (Å²) in [5.41, 5.74) is -0.0915. The highest BCUT2D eigenvalue weighted by molar-refractivity contribution is 9.10. The van der Waals surface area contributed by atoms with Gasteiger partial charge in [0.1, 0.15) is 10.3 Å². The van der Waals surface area contributed by atoms with Gasteiger partial charge in [0, 0.05) is 23.5 Å². The average molecular weight is 293 g/mol. The Kier molecular flexibility index (Phi) is 3.57. The maximum absolute atomic E-state index is 11.3. The summed E-state index contributed by atoms with van der Waals surface area (Å²) in [4.78, 5) is 18.3. The second-order valence-electron chi connectivity index (χ2n) is 2.88. The Bertz CT molecular complexity index is 376. The van der Waals surface area contributed by atoms with E-state index in [2.05, 4.69) is 25.9 Å². The first-order valence-corrected chi connectivity index (χ1v) is 7.21. The molecule has 0 bridgehead atoms. The Morgan fingerprint density at radius 1 is 1.57 bits per heavy atom. The summed E-state index contributed by atoms with van der Waals surface area (Å²) in [6, 6.07) is 0. The van der Waals surface area contributed by atoms with Gasteiger partial charge in [0.05, 0.1) is 5.25 Å². The predicted molar refractivity (Wildman–Crippen MR) is 65.1 cm³/mol. The zero-order valence-electron chi connectivity index (χ0n) is 7.33. The number of H-pyrrole nitrogens is 1. The van der Waals surface area contributed by atoms with Crippen molar-refractivity contribution in [2.24, 2.45) is 0 Å². The number of halogens is 1. The largest absolute Gasteiger partial charge is 0.309 e. The van der Waals surface area contributed by atoms with Crippen LogP contribution in [0.25, 0.3) is 0 Å². The fourth-order valence-electron chi connectivity index (χ4n) is 1.20. The first-order valence-electron chi connectivity index (χ1n) is 4.21. The van der Waals surface area contributed by atoms with E-state index in [1.807, 2.05) is 23.5 Å². The van der Waals surface area contributed by atoms with Gasteiger partial charge in [-0.05, 0) is 15.9 Å². The summed E-state index contributed by atoms with van der Waals surface area (Å²) in [6.07, 6.45) is 1.58. The molecule has 2 heterocycles. The summed E-state index contributed by atoms with van der Waals surface area (Å²) in [7, 11) is 0. The van der Waals surface area contributed by atoms with Crippen molar-refractivity contribution in [1.29, 1.82) is 0 Å². The number of nitrogens with one attached hydrogen (secondary N) is 1. The molecule has 0 saturated carbocycles. The van der Waals surface area contributed by atoms with E-state index in [1.165, 1.54) is 5.75 Å². The van der Waals surface area contributed by atoms with Gasteiger partial charge in [-0.3, -0.25) is 4.79 Å². The molecule has 0 spiro atoms. The molecule has 2 rings (SSSR count). The second-order valence-corrected chi connectivity index (χ2v) is 6.19. The number of hydrogen-bond acceptors (Lipinski definition) is 4. The molecule has 76 valence electrons. The van der Waals surface area contributed by atoms with Gasteiger partial charge < -0.3 is 4.98 Å². The van der Waals surface area contributed by atoms with Crippen LogP contribution >= 0.6 is 39.5 Å². The standard InChI is InChI=1S/C8H9BrN2OS2/c9-5-3-10-7(11-8(5)12)6-4-13-1-2-14-6/h3,6H,1-2,4H2,(H,10,11,12). The lowest BCUT2D eigenvalue weighted by molar-refractivity contribution is 0.899. The molecule has 1 unspecified atom stereocenters. The summed E-state index contributed by atoms with van der Waals surface area (Å²) >= 11 is 6.91. The van der Waals surface area contributed by atoms with E-state index >= 15 is 0 Å². The minimum absolute atomic E-state index is 0.0915. The van der Waals surface area contributed by atoms with Crippen molar-refractivity contribution in [2.45, 2.75) is 5.25 Å². The molecular weight excluding hydrogens is 284 g/mol. The van der Waals surface area contributed by atoms with E-state index in [-0.39, 0.29) is 5.56 Å². The Morgan fingerprint density at radius 3 is 3.07 bits per heavy atom. The van der Waals surface area contributed by atoms with Crippen LogP contribution in [-0.4, -0.2) is 27.2 Å². The van der Waals surface area contributed by atoms with Gasteiger partial charge in [-0.1, -0.05) is 0 Å². The van der Waals surface area contributed by atoms with Gasteiger partial charge >= 0.3 is 0 Å². The van der Waals surface area contributed by atoms with Crippen molar-refractivity contribution >= 4 is 39.5 Å². The molecule has 0 aromatic carbocycles. The lowest BCUT2D eigenvalue weighted by atomic mass is 10.4. The number of rotatable bonds is 1. The van der Waals surface area contributed by atoms with Crippen LogP contribution in [0.15, 0.2) is 15.5 Å². The van der Waals surface area contributed by atoms with Crippen molar-refractivity contribution in [3.8, 4) is 0 Å². The number of nitrogens with zero attached hydrogens (tertiary/aromatic N) is 1. The highest BCUT2D eigenvalue weighted by Gasteiger charge is 2.18. The second kappa shape index (κ2) is 4.72. The van der Waals surface area contributed by atoms with Crippen LogP contribution in [0.2, 0.25) is 0 Å². The molecular formula is C8H9BrN2OS2. The van der Waals surface area contributed by atoms with Gasteiger partial charge in [-0.2, -0.15) is 11.8 Å². The summed E-state index contributed by atoms with van der Waals surface area (Å²) in [6.45, 7) is 0. The maximum Gasteiger partial charge on any atom is 0.265 e. The minimum Gasteiger partial charge on any atom is -0.309 e. The molecule has 1 atom stereocenters. The molecule has 1 fully saturated rings. The molecule has 1 saturated heterocycles. The third kappa shape index (κ3) is 2.35. The third-order valence-electron chi connectivity index (χ3n) is 1.90. The number of aromatic nitrogens is 2. The van der Waals surface area contributed by atoms with Gasteiger partial charge in [-0.15, -0.1) is 11.8 Å². The first-order chi connectivity index (χ1) is 6.77. The molecule has 1 aromatic rings. The molecule has 1 N–H and O–H groups in total. The van der Waals surface area contributed by atoms with Crippen LogP contribution in [0.1, 0.15) is 11.1 Å². The molecule has 0 amide bonds. The van der Waals surface area contributed by atoms with Crippen molar-refractivity contribution in [1.82, 2.24) is 9.97 Å². The van der Waals surface area contributed by atoms with E-state index in [0.29, 0.717) is 9.72 Å². The number of aromatic amines is 1. The molecule has 14 heavy (non-hydrogen) atoms. The Balaban J connectivity index is 2.23. The fraction of sp³-hybridized carbons (Fsp3) is 0.500.